The summed E-state index contributed by atoms with van der Waals surface area (Å²) in [5, 5.41) is 11.5. The summed E-state index contributed by atoms with van der Waals surface area (Å²) in [5.74, 6) is -1.16. The molecule has 0 bridgehead atoms. The van der Waals surface area contributed by atoms with Gasteiger partial charge in [-0.05, 0) is 29.3 Å². The first-order chi connectivity index (χ1) is 10.1. The second-order valence-electron chi connectivity index (χ2n) is 4.50. The monoisotopic (exact) mass is 281 g/mol. The van der Waals surface area contributed by atoms with Crippen molar-refractivity contribution in [3.05, 3.63) is 71.8 Å². The van der Waals surface area contributed by atoms with Crippen LogP contribution in [0.1, 0.15) is 11.1 Å². The molecule has 0 unspecified atom stereocenters. The van der Waals surface area contributed by atoms with Crippen molar-refractivity contribution in [3.63, 3.8) is 0 Å². The Morgan fingerprint density at radius 3 is 2.52 bits per heavy atom. The quantitative estimate of drug-likeness (QED) is 0.828. The summed E-state index contributed by atoms with van der Waals surface area (Å²) in [5.41, 5.74) is 2.16. The Kier molecular flexibility index (Phi) is 4.88. The third-order valence-electron chi connectivity index (χ3n) is 2.78. The van der Waals surface area contributed by atoms with Gasteiger partial charge in [-0.25, -0.2) is 0 Å². The van der Waals surface area contributed by atoms with Gasteiger partial charge in [0.1, 0.15) is 0 Å². The standard InChI is InChI=1S/C17H15NO3/c19-16(10-9-13-5-2-1-3-6-13)18-15-8-4-7-14(11-15)12-17(20)21/h1-11H,12H2,(H,18,19)(H,20,21). The molecule has 0 aliphatic rings. The minimum Gasteiger partial charge on any atom is -0.481 e. The van der Waals surface area contributed by atoms with E-state index in [4.69, 9.17) is 5.11 Å². The molecule has 0 saturated heterocycles. The maximum Gasteiger partial charge on any atom is 0.307 e. The number of amides is 1. The highest BCUT2D eigenvalue weighted by Crippen LogP contribution is 2.11. The van der Waals surface area contributed by atoms with Crippen LogP contribution in [0.25, 0.3) is 6.08 Å². The minimum atomic E-state index is -0.901. The Morgan fingerprint density at radius 1 is 1.05 bits per heavy atom. The van der Waals surface area contributed by atoms with Crippen molar-refractivity contribution >= 4 is 23.6 Å². The van der Waals surface area contributed by atoms with Gasteiger partial charge in [0.05, 0.1) is 6.42 Å². The van der Waals surface area contributed by atoms with Crippen LogP contribution in [0, 0.1) is 0 Å². The molecular formula is C17H15NO3. The molecule has 0 heterocycles. The third kappa shape index (κ3) is 4.95. The van der Waals surface area contributed by atoms with E-state index >= 15 is 0 Å². The van der Waals surface area contributed by atoms with Crippen LogP contribution in [0.2, 0.25) is 0 Å². The highest BCUT2D eigenvalue weighted by atomic mass is 16.4. The second-order valence-corrected chi connectivity index (χ2v) is 4.50. The Hall–Kier alpha value is -2.88. The second kappa shape index (κ2) is 7.05. The van der Waals surface area contributed by atoms with Crippen molar-refractivity contribution in [2.24, 2.45) is 0 Å². The number of carboxylic acid groups (broad SMARTS) is 1. The summed E-state index contributed by atoms with van der Waals surface area (Å²) in [6.45, 7) is 0. The molecule has 0 atom stereocenters. The van der Waals surface area contributed by atoms with Gasteiger partial charge < -0.3 is 10.4 Å². The summed E-state index contributed by atoms with van der Waals surface area (Å²) >= 11 is 0. The maximum absolute atomic E-state index is 11.8. The summed E-state index contributed by atoms with van der Waals surface area (Å²) in [7, 11) is 0. The van der Waals surface area contributed by atoms with Crippen LogP contribution < -0.4 is 5.32 Å². The van der Waals surface area contributed by atoms with Gasteiger partial charge in [0.15, 0.2) is 0 Å². The number of carboxylic acids is 1. The number of carbonyl (C=O) groups excluding carboxylic acids is 1. The lowest BCUT2D eigenvalue weighted by Crippen LogP contribution is -2.08. The van der Waals surface area contributed by atoms with E-state index in [1.807, 2.05) is 30.3 Å². The molecule has 106 valence electrons. The predicted octanol–water partition coefficient (Wildman–Crippen LogP) is 2.97. The van der Waals surface area contributed by atoms with Gasteiger partial charge in [-0.15, -0.1) is 0 Å². The van der Waals surface area contributed by atoms with Crippen molar-refractivity contribution in [1.82, 2.24) is 0 Å². The van der Waals surface area contributed by atoms with E-state index in [1.165, 1.54) is 6.08 Å². The molecule has 0 spiro atoms. The number of anilines is 1. The number of hydrogen-bond donors (Lipinski definition) is 2. The minimum absolute atomic E-state index is 0.0659. The highest BCUT2D eigenvalue weighted by Gasteiger charge is 2.03. The van der Waals surface area contributed by atoms with Gasteiger partial charge in [0.2, 0.25) is 5.91 Å². The molecule has 2 aromatic carbocycles. The molecule has 0 aromatic heterocycles. The van der Waals surface area contributed by atoms with Gasteiger partial charge in [0, 0.05) is 11.8 Å². The summed E-state index contributed by atoms with van der Waals surface area (Å²) in [4.78, 5) is 22.5. The fourth-order valence-electron chi connectivity index (χ4n) is 1.85. The Morgan fingerprint density at radius 2 is 1.81 bits per heavy atom. The van der Waals surface area contributed by atoms with Crippen molar-refractivity contribution in [1.29, 1.82) is 0 Å². The van der Waals surface area contributed by atoms with E-state index in [1.54, 1.807) is 30.3 Å². The number of benzene rings is 2. The number of rotatable bonds is 5. The van der Waals surface area contributed by atoms with Gasteiger partial charge in [-0.3, -0.25) is 9.59 Å². The van der Waals surface area contributed by atoms with Gasteiger partial charge in [-0.2, -0.15) is 0 Å². The van der Waals surface area contributed by atoms with Crippen molar-refractivity contribution in [2.75, 3.05) is 5.32 Å². The lowest BCUT2D eigenvalue weighted by molar-refractivity contribution is -0.136. The number of aliphatic carboxylic acids is 1. The van der Waals surface area contributed by atoms with E-state index in [0.717, 1.165) is 5.56 Å². The van der Waals surface area contributed by atoms with E-state index in [2.05, 4.69) is 5.32 Å². The lowest BCUT2D eigenvalue weighted by Gasteiger charge is -2.04. The Labute approximate surface area is 122 Å². The molecule has 0 radical (unpaired) electrons. The topological polar surface area (TPSA) is 66.4 Å². The fourth-order valence-corrected chi connectivity index (χ4v) is 1.85. The molecule has 2 aromatic rings. The van der Waals surface area contributed by atoms with E-state index in [0.29, 0.717) is 11.3 Å². The third-order valence-corrected chi connectivity index (χ3v) is 2.78. The molecule has 0 saturated carbocycles. The first-order valence-electron chi connectivity index (χ1n) is 6.48. The summed E-state index contributed by atoms with van der Waals surface area (Å²) in [6, 6.07) is 16.3. The molecular weight excluding hydrogens is 266 g/mol. The zero-order valence-corrected chi connectivity index (χ0v) is 11.3. The van der Waals surface area contributed by atoms with Crippen LogP contribution in [0.15, 0.2) is 60.7 Å². The van der Waals surface area contributed by atoms with Crippen LogP contribution in [-0.4, -0.2) is 17.0 Å². The summed E-state index contributed by atoms with van der Waals surface area (Å²) in [6.07, 6.45) is 3.10. The first-order valence-corrected chi connectivity index (χ1v) is 6.48. The molecule has 21 heavy (non-hydrogen) atoms. The predicted molar refractivity (Wildman–Crippen MR) is 81.9 cm³/mol. The van der Waals surface area contributed by atoms with Crippen molar-refractivity contribution in [3.8, 4) is 0 Å². The maximum atomic E-state index is 11.8. The molecule has 2 rings (SSSR count). The molecule has 0 aliphatic heterocycles. The summed E-state index contributed by atoms with van der Waals surface area (Å²) < 4.78 is 0. The van der Waals surface area contributed by atoms with Crippen LogP contribution in [0.5, 0.6) is 0 Å². The molecule has 1 amide bonds. The largest absolute Gasteiger partial charge is 0.481 e. The Balaban J connectivity index is 1.99. The molecule has 0 aliphatic carbocycles. The zero-order chi connectivity index (χ0) is 15.1. The van der Waals surface area contributed by atoms with Crippen LogP contribution >= 0.6 is 0 Å². The first kappa shape index (κ1) is 14.5. The Bertz CT molecular complexity index is 663. The van der Waals surface area contributed by atoms with E-state index < -0.39 is 5.97 Å². The van der Waals surface area contributed by atoms with E-state index in [-0.39, 0.29) is 12.3 Å². The van der Waals surface area contributed by atoms with Gasteiger partial charge >= 0.3 is 5.97 Å². The van der Waals surface area contributed by atoms with E-state index in [9.17, 15) is 9.59 Å². The van der Waals surface area contributed by atoms with Crippen LogP contribution in [0.3, 0.4) is 0 Å². The van der Waals surface area contributed by atoms with Crippen molar-refractivity contribution < 1.29 is 14.7 Å². The van der Waals surface area contributed by atoms with Crippen LogP contribution in [0.4, 0.5) is 5.69 Å². The highest BCUT2D eigenvalue weighted by molar-refractivity contribution is 6.02. The van der Waals surface area contributed by atoms with Gasteiger partial charge in [-0.1, -0.05) is 42.5 Å². The smallest absolute Gasteiger partial charge is 0.307 e. The normalized spacial score (nSPS) is 10.5. The molecule has 2 N–H and O–H groups in total. The SMILES string of the molecule is O=C(O)Cc1cccc(NC(=O)C=Cc2ccccc2)c1. The van der Waals surface area contributed by atoms with Crippen molar-refractivity contribution in [2.45, 2.75) is 6.42 Å². The molecule has 4 nitrogen and oxygen atoms in total. The van der Waals surface area contributed by atoms with Crippen LogP contribution in [-0.2, 0) is 16.0 Å². The average Bonchev–Trinajstić information content (AvgIpc) is 2.46. The number of nitrogens with one attached hydrogen (secondary N) is 1. The number of carbonyl (C=O) groups is 2. The molecule has 4 heteroatoms. The fraction of sp³-hybridized carbons (Fsp3) is 0.0588. The van der Waals surface area contributed by atoms with Gasteiger partial charge in [0.25, 0.3) is 0 Å². The molecule has 0 fully saturated rings. The average molecular weight is 281 g/mol. The number of hydrogen-bond acceptors (Lipinski definition) is 2. The lowest BCUT2D eigenvalue weighted by atomic mass is 10.1. The zero-order valence-electron chi connectivity index (χ0n) is 11.3.